The number of carbonyl (C=O) groups excluding carboxylic acids is 3. The van der Waals surface area contributed by atoms with Crippen molar-refractivity contribution in [1.29, 1.82) is 0 Å². The van der Waals surface area contributed by atoms with Crippen molar-refractivity contribution in [1.82, 2.24) is 5.32 Å². The van der Waals surface area contributed by atoms with Crippen molar-refractivity contribution in [3.63, 3.8) is 0 Å². The first-order valence-corrected chi connectivity index (χ1v) is 10.4. The lowest BCUT2D eigenvalue weighted by Crippen LogP contribution is -2.33. The van der Waals surface area contributed by atoms with E-state index < -0.39 is 18.5 Å². The van der Waals surface area contributed by atoms with E-state index in [9.17, 15) is 14.4 Å². The van der Waals surface area contributed by atoms with Crippen LogP contribution >= 0.6 is 0 Å². The number of rotatable bonds is 7. The zero-order valence-electron chi connectivity index (χ0n) is 17.1. The Labute approximate surface area is 180 Å². The topological polar surface area (TPSA) is 84.5 Å². The highest BCUT2D eigenvalue weighted by Gasteiger charge is 2.14. The molecule has 0 saturated carbocycles. The molecule has 0 aliphatic heterocycles. The lowest BCUT2D eigenvalue weighted by Gasteiger charge is -2.09. The quantitative estimate of drug-likeness (QED) is 0.580. The molecule has 4 rings (SSSR count). The van der Waals surface area contributed by atoms with Crippen LogP contribution in [0.4, 0.5) is 5.69 Å². The van der Waals surface area contributed by atoms with E-state index in [1.165, 1.54) is 11.1 Å². The van der Waals surface area contributed by atoms with Crippen LogP contribution in [-0.2, 0) is 38.4 Å². The second kappa shape index (κ2) is 9.43. The van der Waals surface area contributed by atoms with Crippen molar-refractivity contribution in [3.8, 4) is 0 Å². The summed E-state index contributed by atoms with van der Waals surface area (Å²) in [5, 5.41) is 7.35. The minimum absolute atomic E-state index is 0.160. The van der Waals surface area contributed by atoms with Crippen molar-refractivity contribution >= 4 is 34.2 Å². The SMILES string of the molecule is O=C(Cc1cccc2ccccc12)NCC(=O)OCC(=O)Nc1ccc2c(c1)CCC2. The number of benzene rings is 3. The molecule has 0 atom stereocenters. The van der Waals surface area contributed by atoms with Crippen molar-refractivity contribution in [2.75, 3.05) is 18.5 Å². The highest BCUT2D eigenvalue weighted by Crippen LogP contribution is 2.24. The first kappa shape index (κ1) is 20.6. The molecule has 6 heteroatoms. The van der Waals surface area contributed by atoms with Gasteiger partial charge in [-0.05, 0) is 58.9 Å². The van der Waals surface area contributed by atoms with Crippen LogP contribution in [0.15, 0.2) is 60.7 Å². The number of anilines is 1. The second-order valence-corrected chi connectivity index (χ2v) is 7.64. The van der Waals surface area contributed by atoms with E-state index in [-0.39, 0.29) is 18.9 Å². The molecule has 0 aromatic heterocycles. The Kier molecular flexibility index (Phi) is 6.26. The monoisotopic (exact) mass is 416 g/mol. The van der Waals surface area contributed by atoms with Gasteiger partial charge in [0.2, 0.25) is 5.91 Å². The van der Waals surface area contributed by atoms with E-state index in [0.29, 0.717) is 5.69 Å². The van der Waals surface area contributed by atoms with Gasteiger partial charge < -0.3 is 15.4 Å². The highest BCUT2D eigenvalue weighted by atomic mass is 16.5. The normalized spacial score (nSPS) is 12.3. The number of nitrogens with one attached hydrogen (secondary N) is 2. The van der Waals surface area contributed by atoms with Gasteiger partial charge in [0.05, 0.1) is 6.42 Å². The lowest BCUT2D eigenvalue weighted by atomic mass is 10.0. The van der Waals surface area contributed by atoms with Crippen LogP contribution < -0.4 is 10.6 Å². The molecule has 0 radical (unpaired) electrons. The number of hydrogen-bond acceptors (Lipinski definition) is 4. The fourth-order valence-corrected chi connectivity index (χ4v) is 3.90. The van der Waals surface area contributed by atoms with Crippen LogP contribution in [0.5, 0.6) is 0 Å². The molecule has 0 spiro atoms. The summed E-state index contributed by atoms with van der Waals surface area (Å²) in [5.41, 5.74) is 4.16. The molecule has 0 unspecified atom stereocenters. The standard InChI is InChI=1S/C25H24N2O4/c28-23(14-20-9-4-7-18-5-1-2-10-22(18)20)26-15-25(30)31-16-24(29)27-21-12-11-17-6-3-8-19(17)13-21/h1-2,4-5,7,9-13H,3,6,8,14-16H2,(H,26,28)(H,27,29). The third-order valence-corrected chi connectivity index (χ3v) is 5.41. The fraction of sp³-hybridized carbons (Fsp3) is 0.240. The Bertz CT molecular complexity index is 1130. The maximum absolute atomic E-state index is 12.2. The molecule has 2 amide bonds. The Morgan fingerprint density at radius 2 is 1.68 bits per heavy atom. The van der Waals surface area contributed by atoms with Crippen molar-refractivity contribution < 1.29 is 19.1 Å². The van der Waals surface area contributed by atoms with Crippen LogP contribution in [0, 0.1) is 0 Å². The number of esters is 1. The van der Waals surface area contributed by atoms with Crippen molar-refractivity contribution in [2.24, 2.45) is 0 Å². The molecule has 0 saturated heterocycles. The van der Waals surface area contributed by atoms with E-state index >= 15 is 0 Å². The van der Waals surface area contributed by atoms with Gasteiger partial charge in [-0.3, -0.25) is 14.4 Å². The first-order chi connectivity index (χ1) is 15.1. The predicted octanol–water partition coefficient (Wildman–Crippen LogP) is 3.17. The Morgan fingerprint density at radius 1 is 0.871 bits per heavy atom. The molecule has 31 heavy (non-hydrogen) atoms. The van der Waals surface area contributed by atoms with Crippen LogP contribution in [0.1, 0.15) is 23.1 Å². The molecule has 2 N–H and O–H groups in total. The minimum atomic E-state index is -0.657. The largest absolute Gasteiger partial charge is 0.454 e. The molecule has 3 aromatic carbocycles. The smallest absolute Gasteiger partial charge is 0.325 e. The maximum Gasteiger partial charge on any atom is 0.325 e. The number of fused-ring (bicyclic) bond motifs is 2. The second-order valence-electron chi connectivity index (χ2n) is 7.64. The summed E-state index contributed by atoms with van der Waals surface area (Å²) in [6, 6.07) is 19.5. The van der Waals surface area contributed by atoms with Gasteiger partial charge in [-0.15, -0.1) is 0 Å². The zero-order valence-corrected chi connectivity index (χ0v) is 17.1. The van der Waals surface area contributed by atoms with Crippen molar-refractivity contribution in [3.05, 3.63) is 77.4 Å². The number of carbonyl (C=O) groups is 3. The number of amides is 2. The van der Waals surface area contributed by atoms with Crippen LogP contribution in [0.3, 0.4) is 0 Å². The zero-order chi connectivity index (χ0) is 21.6. The van der Waals surface area contributed by atoms with E-state index in [1.807, 2.05) is 60.7 Å². The molecule has 0 bridgehead atoms. The van der Waals surface area contributed by atoms with E-state index in [2.05, 4.69) is 10.6 Å². The van der Waals surface area contributed by atoms with Gasteiger partial charge in [-0.2, -0.15) is 0 Å². The summed E-state index contributed by atoms with van der Waals surface area (Å²) in [7, 11) is 0. The molecule has 6 nitrogen and oxygen atoms in total. The Balaban J connectivity index is 1.21. The Morgan fingerprint density at radius 3 is 2.58 bits per heavy atom. The van der Waals surface area contributed by atoms with Crippen LogP contribution in [0.2, 0.25) is 0 Å². The van der Waals surface area contributed by atoms with Gasteiger partial charge in [0.1, 0.15) is 6.54 Å². The summed E-state index contributed by atoms with van der Waals surface area (Å²) in [6.07, 6.45) is 3.39. The minimum Gasteiger partial charge on any atom is -0.454 e. The van der Waals surface area contributed by atoms with E-state index in [0.717, 1.165) is 35.6 Å². The average Bonchev–Trinajstić information content (AvgIpc) is 3.24. The predicted molar refractivity (Wildman–Crippen MR) is 119 cm³/mol. The van der Waals surface area contributed by atoms with Crippen molar-refractivity contribution in [2.45, 2.75) is 25.7 Å². The van der Waals surface area contributed by atoms with Gasteiger partial charge in [-0.1, -0.05) is 48.5 Å². The molecule has 0 heterocycles. The maximum atomic E-state index is 12.2. The fourth-order valence-electron chi connectivity index (χ4n) is 3.90. The van der Waals surface area contributed by atoms with Gasteiger partial charge in [-0.25, -0.2) is 0 Å². The van der Waals surface area contributed by atoms with Gasteiger partial charge >= 0.3 is 5.97 Å². The van der Waals surface area contributed by atoms with Gasteiger partial charge in [0.15, 0.2) is 6.61 Å². The molecule has 1 aliphatic carbocycles. The summed E-state index contributed by atoms with van der Waals surface area (Å²) >= 11 is 0. The first-order valence-electron chi connectivity index (χ1n) is 10.4. The van der Waals surface area contributed by atoms with E-state index in [4.69, 9.17) is 4.74 Å². The van der Waals surface area contributed by atoms with Crippen LogP contribution in [-0.4, -0.2) is 30.9 Å². The molecule has 0 fully saturated rings. The summed E-state index contributed by atoms with van der Waals surface area (Å²) in [4.78, 5) is 36.2. The summed E-state index contributed by atoms with van der Waals surface area (Å²) in [5.74, 6) is -1.35. The van der Waals surface area contributed by atoms with E-state index in [1.54, 1.807) is 0 Å². The summed E-state index contributed by atoms with van der Waals surface area (Å²) < 4.78 is 4.97. The number of aryl methyl sites for hydroxylation is 2. The van der Waals surface area contributed by atoms with Crippen LogP contribution in [0.25, 0.3) is 10.8 Å². The molecular formula is C25H24N2O4. The van der Waals surface area contributed by atoms with Gasteiger partial charge in [0, 0.05) is 5.69 Å². The summed E-state index contributed by atoms with van der Waals surface area (Å²) in [6.45, 7) is -0.676. The number of hydrogen-bond donors (Lipinski definition) is 2. The third kappa shape index (κ3) is 5.28. The highest BCUT2D eigenvalue weighted by molar-refractivity contribution is 5.94. The average molecular weight is 416 g/mol. The lowest BCUT2D eigenvalue weighted by molar-refractivity contribution is -0.147. The third-order valence-electron chi connectivity index (χ3n) is 5.41. The molecule has 1 aliphatic rings. The molecule has 158 valence electrons. The molecular weight excluding hydrogens is 392 g/mol. The molecule has 3 aromatic rings. The number of ether oxygens (including phenoxy) is 1. The van der Waals surface area contributed by atoms with Gasteiger partial charge in [0.25, 0.3) is 5.91 Å². The Hall–Kier alpha value is -3.67.